The summed E-state index contributed by atoms with van der Waals surface area (Å²) < 4.78 is 0. The second-order valence-electron chi connectivity index (χ2n) is 10.3. The second kappa shape index (κ2) is 10.2. The minimum absolute atomic E-state index is 0.0591. The molecule has 1 spiro atoms. The molecule has 2 aliphatic heterocycles. The number of nitrogens with one attached hydrogen (secondary N) is 1. The lowest BCUT2D eigenvalue weighted by Gasteiger charge is -2.41. The van der Waals surface area contributed by atoms with Crippen LogP contribution in [0.25, 0.3) is 0 Å². The van der Waals surface area contributed by atoms with Gasteiger partial charge in [-0.25, -0.2) is 9.97 Å². The van der Waals surface area contributed by atoms with Gasteiger partial charge in [0.2, 0.25) is 11.9 Å². The van der Waals surface area contributed by atoms with Crippen molar-refractivity contribution in [1.29, 1.82) is 0 Å². The van der Waals surface area contributed by atoms with E-state index in [2.05, 4.69) is 55.4 Å². The van der Waals surface area contributed by atoms with Crippen LogP contribution in [0.4, 0.5) is 5.95 Å². The Morgan fingerprint density at radius 2 is 1.82 bits per heavy atom. The summed E-state index contributed by atoms with van der Waals surface area (Å²) in [6.45, 7) is 5.87. The molecule has 1 atom stereocenters. The van der Waals surface area contributed by atoms with Crippen molar-refractivity contribution in [3.63, 3.8) is 0 Å². The number of nitrogens with zero attached hydrogens (tertiary/aromatic N) is 4. The number of benzene rings is 1. The molecule has 1 aromatic carbocycles. The number of aromatic nitrogens is 2. The highest BCUT2D eigenvalue weighted by Gasteiger charge is 2.53. The highest BCUT2D eigenvalue weighted by atomic mass is 16.2. The fourth-order valence-electron chi connectivity index (χ4n) is 6.07. The van der Waals surface area contributed by atoms with Crippen LogP contribution in [0, 0.1) is 17.3 Å². The predicted octanol–water partition coefficient (Wildman–Crippen LogP) is 3.54. The highest BCUT2D eigenvalue weighted by molar-refractivity contribution is 5.81. The first kappa shape index (κ1) is 22.3. The fraction of sp³-hybridized carbons (Fsp3) is 0.593. The largest absolute Gasteiger partial charge is 0.356 e. The molecule has 3 heterocycles. The molecule has 1 aromatic heterocycles. The van der Waals surface area contributed by atoms with Crippen molar-refractivity contribution < 1.29 is 4.79 Å². The first-order valence-electron chi connectivity index (χ1n) is 12.8. The fourth-order valence-corrected chi connectivity index (χ4v) is 6.07. The van der Waals surface area contributed by atoms with Crippen molar-refractivity contribution >= 4 is 11.9 Å². The molecule has 1 amide bonds. The van der Waals surface area contributed by atoms with E-state index in [0.29, 0.717) is 0 Å². The van der Waals surface area contributed by atoms with Crippen LogP contribution in [-0.2, 0) is 11.2 Å². The molecular formula is C27H37N5O. The molecule has 1 N–H and O–H groups in total. The Labute approximate surface area is 197 Å². The maximum Gasteiger partial charge on any atom is 0.225 e. The topological polar surface area (TPSA) is 61.4 Å². The monoisotopic (exact) mass is 447 g/mol. The van der Waals surface area contributed by atoms with Crippen molar-refractivity contribution in [2.24, 2.45) is 17.3 Å². The minimum atomic E-state index is 0.0591. The molecule has 0 radical (unpaired) electrons. The van der Waals surface area contributed by atoms with Crippen molar-refractivity contribution in [1.82, 2.24) is 20.2 Å². The molecule has 6 heteroatoms. The van der Waals surface area contributed by atoms with Gasteiger partial charge < -0.3 is 15.1 Å². The van der Waals surface area contributed by atoms with Gasteiger partial charge in [0.05, 0.1) is 5.92 Å². The van der Waals surface area contributed by atoms with E-state index in [9.17, 15) is 4.79 Å². The van der Waals surface area contributed by atoms with Gasteiger partial charge in [-0.2, -0.15) is 0 Å². The molecule has 0 bridgehead atoms. The zero-order valence-corrected chi connectivity index (χ0v) is 19.7. The second-order valence-corrected chi connectivity index (χ2v) is 10.3. The van der Waals surface area contributed by atoms with Gasteiger partial charge in [0.15, 0.2) is 0 Å². The van der Waals surface area contributed by atoms with Gasteiger partial charge in [-0.1, -0.05) is 36.8 Å². The van der Waals surface area contributed by atoms with E-state index in [0.717, 1.165) is 57.3 Å². The number of hydrogen-bond acceptors (Lipinski definition) is 5. The number of likely N-dealkylation sites (tertiary alicyclic amines) is 1. The molecule has 3 fully saturated rings. The van der Waals surface area contributed by atoms with Crippen molar-refractivity contribution in [3.05, 3.63) is 54.4 Å². The third-order valence-electron chi connectivity index (χ3n) is 8.17. The van der Waals surface area contributed by atoms with E-state index < -0.39 is 0 Å². The lowest BCUT2D eigenvalue weighted by atomic mass is 9.62. The van der Waals surface area contributed by atoms with Crippen molar-refractivity contribution in [2.45, 2.75) is 44.9 Å². The average Bonchev–Trinajstić information content (AvgIpc) is 3.26. The number of hydrogen-bond donors (Lipinski definition) is 1. The number of carbonyl (C=O) groups excluding carboxylic acids is 1. The summed E-state index contributed by atoms with van der Waals surface area (Å²) in [5, 5.41) is 3.27. The van der Waals surface area contributed by atoms with Crippen molar-refractivity contribution in [3.8, 4) is 0 Å². The highest BCUT2D eigenvalue weighted by Crippen LogP contribution is 2.52. The van der Waals surface area contributed by atoms with Crippen LogP contribution in [0.15, 0.2) is 48.8 Å². The molecule has 2 aromatic rings. The van der Waals surface area contributed by atoms with Gasteiger partial charge in [-0.3, -0.25) is 4.79 Å². The molecule has 2 saturated heterocycles. The summed E-state index contributed by atoms with van der Waals surface area (Å²) in [6.07, 6.45) is 11.9. The quantitative estimate of drug-likeness (QED) is 0.627. The molecule has 5 rings (SSSR count). The normalized spacial score (nSPS) is 22.9. The number of piperidine rings is 1. The van der Waals surface area contributed by atoms with Gasteiger partial charge in [0.25, 0.3) is 0 Å². The Balaban J connectivity index is 1.03. The number of rotatable bonds is 8. The van der Waals surface area contributed by atoms with Crippen LogP contribution in [-0.4, -0.2) is 60.0 Å². The molecule has 3 aliphatic rings. The van der Waals surface area contributed by atoms with Crippen LogP contribution in [0.5, 0.6) is 0 Å². The van der Waals surface area contributed by atoms with E-state index in [-0.39, 0.29) is 17.2 Å². The van der Waals surface area contributed by atoms with Crippen LogP contribution in [0.2, 0.25) is 0 Å². The van der Waals surface area contributed by atoms with E-state index in [1.807, 2.05) is 6.07 Å². The number of anilines is 1. The molecule has 1 unspecified atom stereocenters. The number of carbonyl (C=O) groups is 1. The average molecular weight is 448 g/mol. The molecule has 1 saturated carbocycles. The third kappa shape index (κ3) is 5.21. The molecule has 6 nitrogen and oxygen atoms in total. The Morgan fingerprint density at radius 1 is 1.06 bits per heavy atom. The first-order valence-corrected chi connectivity index (χ1v) is 12.8. The summed E-state index contributed by atoms with van der Waals surface area (Å²) in [5.41, 5.74) is 1.59. The maximum absolute atomic E-state index is 13.1. The Hall–Kier alpha value is -2.47. The zero-order chi connectivity index (χ0) is 22.5. The minimum Gasteiger partial charge on any atom is -0.356 e. The standard InChI is InChI=1S/C27H37N5O/c33-25(24-20-32(21-27(24)11-4-12-27)26-29-13-5-14-30-26)28-15-6-16-31-17-9-23(10-18-31)19-22-7-2-1-3-8-22/h1-3,5,7-8,13-14,23-24H,4,6,9-12,15-21H2,(H,28,33). The van der Waals surface area contributed by atoms with Gasteiger partial charge in [-0.15, -0.1) is 0 Å². The molecule has 176 valence electrons. The van der Waals surface area contributed by atoms with Crippen molar-refractivity contribution in [2.75, 3.05) is 44.2 Å². The summed E-state index contributed by atoms with van der Waals surface area (Å²) in [7, 11) is 0. The first-order chi connectivity index (χ1) is 16.2. The van der Waals surface area contributed by atoms with Gasteiger partial charge >= 0.3 is 0 Å². The zero-order valence-electron chi connectivity index (χ0n) is 19.7. The number of amides is 1. The van der Waals surface area contributed by atoms with Gasteiger partial charge in [0.1, 0.15) is 0 Å². The molecule has 1 aliphatic carbocycles. The van der Waals surface area contributed by atoms with E-state index >= 15 is 0 Å². The predicted molar refractivity (Wildman–Crippen MR) is 131 cm³/mol. The molecular weight excluding hydrogens is 410 g/mol. The third-order valence-corrected chi connectivity index (χ3v) is 8.17. The maximum atomic E-state index is 13.1. The van der Waals surface area contributed by atoms with Gasteiger partial charge in [-0.05, 0) is 75.7 Å². The Morgan fingerprint density at radius 3 is 2.52 bits per heavy atom. The SMILES string of the molecule is O=C(NCCCN1CCC(Cc2ccccc2)CC1)C1CN(c2ncccn2)CC12CCC2. The Bertz CT molecular complexity index is 893. The van der Waals surface area contributed by atoms with E-state index in [1.165, 1.54) is 44.3 Å². The summed E-state index contributed by atoms with van der Waals surface area (Å²) in [6, 6.07) is 12.7. The van der Waals surface area contributed by atoms with Crippen LogP contribution in [0.3, 0.4) is 0 Å². The summed E-state index contributed by atoms with van der Waals surface area (Å²) >= 11 is 0. The van der Waals surface area contributed by atoms with E-state index in [4.69, 9.17) is 0 Å². The Kier molecular flexibility index (Phi) is 6.91. The lowest BCUT2D eigenvalue weighted by molar-refractivity contribution is -0.129. The lowest BCUT2D eigenvalue weighted by Crippen LogP contribution is -2.45. The van der Waals surface area contributed by atoms with E-state index in [1.54, 1.807) is 12.4 Å². The van der Waals surface area contributed by atoms with Crippen LogP contribution >= 0.6 is 0 Å². The summed E-state index contributed by atoms with van der Waals surface area (Å²) in [4.78, 5) is 26.7. The molecule has 33 heavy (non-hydrogen) atoms. The van der Waals surface area contributed by atoms with Gasteiger partial charge in [0, 0.05) is 37.4 Å². The van der Waals surface area contributed by atoms with Crippen LogP contribution in [0.1, 0.15) is 44.1 Å². The smallest absolute Gasteiger partial charge is 0.225 e. The van der Waals surface area contributed by atoms with Crippen LogP contribution < -0.4 is 10.2 Å². The summed E-state index contributed by atoms with van der Waals surface area (Å²) in [5.74, 6) is 1.86.